The minimum atomic E-state index is -4.50. The summed E-state index contributed by atoms with van der Waals surface area (Å²) in [6.45, 7) is 0. The number of hydrogen-bond donors (Lipinski definition) is 1. The van der Waals surface area contributed by atoms with Crippen LogP contribution in [0.3, 0.4) is 0 Å². The molecule has 0 aliphatic carbocycles. The Kier molecular flexibility index (Phi) is 3.80. The van der Waals surface area contributed by atoms with Crippen LogP contribution in [0.2, 0.25) is 0 Å². The average molecular weight is 268 g/mol. The lowest BCUT2D eigenvalue weighted by Crippen LogP contribution is -2.12. The second-order valence-corrected chi connectivity index (χ2v) is 3.99. The van der Waals surface area contributed by atoms with Crippen molar-refractivity contribution in [3.63, 3.8) is 0 Å². The van der Waals surface area contributed by atoms with Gasteiger partial charge in [0.25, 0.3) is 0 Å². The van der Waals surface area contributed by atoms with Gasteiger partial charge in [-0.1, -0.05) is 30.3 Å². The van der Waals surface area contributed by atoms with E-state index in [1.807, 2.05) is 0 Å². The van der Waals surface area contributed by atoms with Crippen molar-refractivity contribution < 1.29 is 18.3 Å². The number of rotatable bonds is 3. The van der Waals surface area contributed by atoms with E-state index in [1.165, 1.54) is 0 Å². The molecule has 1 N–H and O–H groups in total. The first-order valence-corrected chi connectivity index (χ1v) is 5.59. The third-order valence-corrected chi connectivity index (χ3v) is 2.56. The fraction of sp³-hybridized carbons (Fsp3) is 0.231. The molecule has 0 aliphatic heterocycles. The number of hydrogen-bond acceptors (Lipinski definition) is 3. The topological polar surface area (TPSA) is 46.0 Å². The molecule has 0 radical (unpaired) electrons. The first-order valence-electron chi connectivity index (χ1n) is 5.59. The second kappa shape index (κ2) is 5.36. The predicted octanol–water partition coefficient (Wildman–Crippen LogP) is 2.77. The van der Waals surface area contributed by atoms with Gasteiger partial charge in [0, 0.05) is 12.6 Å². The van der Waals surface area contributed by atoms with Crippen molar-refractivity contribution in [1.29, 1.82) is 0 Å². The maximum Gasteiger partial charge on any atom is 0.433 e. The van der Waals surface area contributed by atoms with Crippen molar-refractivity contribution in [2.24, 2.45) is 0 Å². The highest BCUT2D eigenvalue weighted by Gasteiger charge is 2.32. The summed E-state index contributed by atoms with van der Waals surface area (Å²) >= 11 is 0. The van der Waals surface area contributed by atoms with Crippen LogP contribution in [0.15, 0.2) is 42.6 Å². The van der Waals surface area contributed by atoms with Crippen LogP contribution < -0.4 is 0 Å². The highest BCUT2D eigenvalue weighted by Crippen LogP contribution is 2.27. The van der Waals surface area contributed by atoms with E-state index < -0.39 is 18.0 Å². The second-order valence-electron chi connectivity index (χ2n) is 3.99. The molecule has 19 heavy (non-hydrogen) atoms. The highest BCUT2D eigenvalue weighted by molar-refractivity contribution is 5.18. The predicted molar refractivity (Wildman–Crippen MR) is 62.1 cm³/mol. The average Bonchev–Trinajstić information content (AvgIpc) is 2.39. The van der Waals surface area contributed by atoms with E-state index in [1.54, 1.807) is 30.3 Å². The Bertz CT molecular complexity index is 543. The number of aliphatic hydroxyl groups is 1. The molecule has 1 heterocycles. The molecule has 2 aromatic rings. The standard InChI is InChI=1S/C13H11F3N2O/c14-13(15,16)11-6-7-17-12(18-11)8-10(19)9-4-2-1-3-5-9/h1-7,10,19H,8H2. The van der Waals surface area contributed by atoms with E-state index in [2.05, 4.69) is 9.97 Å². The Hall–Kier alpha value is -1.95. The first kappa shape index (κ1) is 13.5. The Morgan fingerprint density at radius 2 is 1.79 bits per heavy atom. The van der Waals surface area contributed by atoms with E-state index >= 15 is 0 Å². The Morgan fingerprint density at radius 3 is 2.42 bits per heavy atom. The molecule has 1 unspecified atom stereocenters. The number of aliphatic hydroxyl groups excluding tert-OH is 1. The molecule has 1 aromatic carbocycles. The molecule has 0 saturated carbocycles. The number of halogens is 3. The molecule has 0 amide bonds. The number of nitrogens with zero attached hydrogens (tertiary/aromatic N) is 2. The van der Waals surface area contributed by atoms with E-state index in [0.717, 1.165) is 12.3 Å². The highest BCUT2D eigenvalue weighted by atomic mass is 19.4. The van der Waals surface area contributed by atoms with Crippen LogP contribution in [-0.4, -0.2) is 15.1 Å². The molecule has 1 aromatic heterocycles. The van der Waals surface area contributed by atoms with Crippen LogP contribution in [0.1, 0.15) is 23.2 Å². The number of benzene rings is 1. The van der Waals surface area contributed by atoms with Crippen LogP contribution in [0.4, 0.5) is 13.2 Å². The van der Waals surface area contributed by atoms with Crippen LogP contribution in [-0.2, 0) is 12.6 Å². The number of aromatic nitrogens is 2. The minimum absolute atomic E-state index is 0.0359. The summed E-state index contributed by atoms with van der Waals surface area (Å²) in [7, 11) is 0. The van der Waals surface area contributed by atoms with Gasteiger partial charge in [-0.15, -0.1) is 0 Å². The summed E-state index contributed by atoms with van der Waals surface area (Å²) < 4.78 is 37.4. The molecule has 0 fully saturated rings. The van der Waals surface area contributed by atoms with Gasteiger partial charge in [-0.25, -0.2) is 9.97 Å². The monoisotopic (exact) mass is 268 g/mol. The zero-order valence-corrected chi connectivity index (χ0v) is 9.80. The molecule has 0 bridgehead atoms. The lowest BCUT2D eigenvalue weighted by molar-refractivity contribution is -0.141. The van der Waals surface area contributed by atoms with E-state index in [4.69, 9.17) is 0 Å². The van der Waals surface area contributed by atoms with Crippen molar-refractivity contribution in [2.45, 2.75) is 18.7 Å². The SMILES string of the molecule is OC(Cc1nccc(C(F)(F)F)n1)c1ccccc1. The smallest absolute Gasteiger partial charge is 0.388 e. The Balaban J connectivity index is 2.16. The molecular formula is C13H11F3N2O. The molecule has 3 nitrogen and oxygen atoms in total. The fourth-order valence-corrected chi connectivity index (χ4v) is 1.62. The summed E-state index contributed by atoms with van der Waals surface area (Å²) in [5, 5.41) is 9.91. The normalized spacial score (nSPS) is 13.3. The van der Waals surface area contributed by atoms with Crippen molar-refractivity contribution >= 4 is 0 Å². The fourth-order valence-electron chi connectivity index (χ4n) is 1.62. The van der Waals surface area contributed by atoms with Crippen LogP contribution in [0.25, 0.3) is 0 Å². The summed E-state index contributed by atoms with van der Waals surface area (Å²) in [6, 6.07) is 9.46. The van der Waals surface area contributed by atoms with E-state index in [9.17, 15) is 18.3 Å². The van der Waals surface area contributed by atoms with Gasteiger partial charge in [-0.05, 0) is 11.6 Å². The molecule has 0 saturated heterocycles. The molecule has 1 atom stereocenters. The van der Waals surface area contributed by atoms with Crippen molar-refractivity contribution in [3.8, 4) is 0 Å². The zero-order chi connectivity index (χ0) is 13.9. The van der Waals surface area contributed by atoms with Gasteiger partial charge in [0.15, 0.2) is 0 Å². The molecule has 0 spiro atoms. The van der Waals surface area contributed by atoms with Gasteiger partial charge in [0.1, 0.15) is 11.5 Å². The quantitative estimate of drug-likeness (QED) is 0.931. The summed E-state index contributed by atoms with van der Waals surface area (Å²) in [5.41, 5.74) is -0.388. The zero-order valence-electron chi connectivity index (χ0n) is 9.80. The number of alkyl halides is 3. The summed E-state index contributed by atoms with van der Waals surface area (Å²) in [4.78, 5) is 7.16. The summed E-state index contributed by atoms with van der Waals surface area (Å²) in [5.74, 6) is -0.0359. The summed E-state index contributed by atoms with van der Waals surface area (Å²) in [6.07, 6.45) is -4.45. The third-order valence-electron chi connectivity index (χ3n) is 2.56. The van der Waals surface area contributed by atoms with Gasteiger partial charge in [0.05, 0.1) is 6.10 Å². The van der Waals surface area contributed by atoms with Gasteiger partial charge < -0.3 is 5.11 Å². The Labute approximate surface area is 107 Å². The molecular weight excluding hydrogens is 257 g/mol. The maximum absolute atomic E-state index is 12.5. The van der Waals surface area contributed by atoms with Crippen LogP contribution >= 0.6 is 0 Å². The largest absolute Gasteiger partial charge is 0.433 e. The van der Waals surface area contributed by atoms with Crippen molar-refractivity contribution in [1.82, 2.24) is 9.97 Å². The molecule has 0 aliphatic rings. The lowest BCUT2D eigenvalue weighted by atomic mass is 10.1. The van der Waals surface area contributed by atoms with Crippen molar-refractivity contribution in [3.05, 3.63) is 59.7 Å². The maximum atomic E-state index is 12.5. The molecule has 2 rings (SSSR count). The molecule has 6 heteroatoms. The van der Waals surface area contributed by atoms with Gasteiger partial charge in [-0.3, -0.25) is 0 Å². The van der Waals surface area contributed by atoms with Gasteiger partial charge >= 0.3 is 6.18 Å². The Morgan fingerprint density at radius 1 is 1.11 bits per heavy atom. The minimum Gasteiger partial charge on any atom is -0.388 e. The lowest BCUT2D eigenvalue weighted by Gasteiger charge is -2.11. The van der Waals surface area contributed by atoms with Crippen LogP contribution in [0.5, 0.6) is 0 Å². The first-order chi connectivity index (χ1) is 8.97. The van der Waals surface area contributed by atoms with Gasteiger partial charge in [0.2, 0.25) is 0 Å². The van der Waals surface area contributed by atoms with Gasteiger partial charge in [-0.2, -0.15) is 13.2 Å². The van der Waals surface area contributed by atoms with Crippen molar-refractivity contribution in [2.75, 3.05) is 0 Å². The van der Waals surface area contributed by atoms with E-state index in [-0.39, 0.29) is 12.2 Å². The van der Waals surface area contributed by atoms with Crippen LogP contribution in [0, 0.1) is 0 Å². The third kappa shape index (κ3) is 3.51. The molecule has 100 valence electrons. The van der Waals surface area contributed by atoms with E-state index in [0.29, 0.717) is 5.56 Å².